The number of ether oxygens (including phenoxy) is 1. The van der Waals surface area contributed by atoms with Gasteiger partial charge >= 0.3 is 0 Å². The molecular weight excluding hydrogens is 331 g/mol. The standard InChI is InChI=1S/C21H23FN2O2/c1-2-16-5-4-12-24(15-16)21(25)10-8-17-7-9-20(19(22)13-17)26-18-6-3-11-23-14-18/h3,6-11,13-14,16H,2,4-5,12,15H2,1H3/b10-8+. The first-order valence-corrected chi connectivity index (χ1v) is 9.00. The molecule has 26 heavy (non-hydrogen) atoms. The van der Waals surface area contributed by atoms with Gasteiger partial charge in [-0.25, -0.2) is 4.39 Å². The van der Waals surface area contributed by atoms with E-state index in [0.717, 1.165) is 25.9 Å². The van der Waals surface area contributed by atoms with Crippen molar-refractivity contribution in [3.05, 3.63) is 60.2 Å². The van der Waals surface area contributed by atoms with Crippen LogP contribution in [-0.4, -0.2) is 28.9 Å². The van der Waals surface area contributed by atoms with Crippen LogP contribution < -0.4 is 4.74 Å². The summed E-state index contributed by atoms with van der Waals surface area (Å²) in [6.07, 6.45) is 9.65. The number of likely N-dealkylation sites (tertiary alicyclic amines) is 1. The Morgan fingerprint density at radius 1 is 1.42 bits per heavy atom. The molecular formula is C21H23FN2O2. The van der Waals surface area contributed by atoms with Gasteiger partial charge in [-0.2, -0.15) is 0 Å². The average molecular weight is 354 g/mol. The van der Waals surface area contributed by atoms with Crippen LogP contribution in [0.15, 0.2) is 48.8 Å². The third-order valence-corrected chi connectivity index (χ3v) is 4.64. The first kappa shape index (κ1) is 18.1. The number of piperidine rings is 1. The minimum atomic E-state index is -0.479. The molecule has 1 amide bonds. The molecule has 1 atom stereocenters. The SMILES string of the molecule is CCC1CCCN(C(=O)/C=C/c2ccc(Oc3cccnc3)c(F)c2)C1. The van der Waals surface area contributed by atoms with Gasteiger partial charge in [0.1, 0.15) is 5.75 Å². The van der Waals surface area contributed by atoms with Crippen molar-refractivity contribution in [3.8, 4) is 11.5 Å². The lowest BCUT2D eigenvalue weighted by molar-refractivity contribution is -0.127. The van der Waals surface area contributed by atoms with Gasteiger partial charge in [0.2, 0.25) is 5.91 Å². The summed E-state index contributed by atoms with van der Waals surface area (Å²) in [7, 11) is 0. The zero-order chi connectivity index (χ0) is 18.4. The van der Waals surface area contributed by atoms with Crippen molar-refractivity contribution >= 4 is 12.0 Å². The van der Waals surface area contributed by atoms with Gasteiger partial charge in [-0.15, -0.1) is 0 Å². The summed E-state index contributed by atoms with van der Waals surface area (Å²) in [6, 6.07) is 8.07. The summed E-state index contributed by atoms with van der Waals surface area (Å²) < 4.78 is 19.7. The zero-order valence-corrected chi connectivity index (χ0v) is 14.9. The van der Waals surface area contributed by atoms with E-state index < -0.39 is 5.82 Å². The highest BCUT2D eigenvalue weighted by molar-refractivity contribution is 5.91. The third kappa shape index (κ3) is 4.69. The summed E-state index contributed by atoms with van der Waals surface area (Å²) in [4.78, 5) is 18.2. The molecule has 2 aromatic rings. The van der Waals surface area contributed by atoms with E-state index in [2.05, 4.69) is 11.9 Å². The second-order valence-electron chi connectivity index (χ2n) is 6.51. The average Bonchev–Trinajstić information content (AvgIpc) is 2.69. The molecule has 5 heteroatoms. The van der Waals surface area contributed by atoms with Crippen molar-refractivity contribution in [2.24, 2.45) is 5.92 Å². The van der Waals surface area contributed by atoms with Gasteiger partial charge in [0.25, 0.3) is 0 Å². The minimum Gasteiger partial charge on any atom is -0.453 e. The highest BCUT2D eigenvalue weighted by Crippen LogP contribution is 2.25. The van der Waals surface area contributed by atoms with Crippen LogP contribution in [0.4, 0.5) is 4.39 Å². The van der Waals surface area contributed by atoms with Crippen molar-refractivity contribution in [2.75, 3.05) is 13.1 Å². The molecule has 136 valence electrons. The maximum absolute atomic E-state index is 14.2. The maximum Gasteiger partial charge on any atom is 0.246 e. The summed E-state index contributed by atoms with van der Waals surface area (Å²) >= 11 is 0. The first-order chi connectivity index (χ1) is 12.7. The molecule has 3 rings (SSSR count). The van der Waals surface area contributed by atoms with Crippen molar-refractivity contribution in [3.63, 3.8) is 0 Å². The predicted molar refractivity (Wildman–Crippen MR) is 99.3 cm³/mol. The number of amides is 1. The van der Waals surface area contributed by atoms with E-state index in [9.17, 15) is 9.18 Å². The zero-order valence-electron chi connectivity index (χ0n) is 14.9. The summed E-state index contributed by atoms with van der Waals surface area (Å²) in [6.45, 7) is 3.77. The number of benzene rings is 1. The number of aromatic nitrogens is 1. The van der Waals surface area contributed by atoms with Crippen LogP contribution in [0.2, 0.25) is 0 Å². The number of nitrogens with zero attached hydrogens (tertiary/aromatic N) is 2. The number of hydrogen-bond donors (Lipinski definition) is 0. The van der Waals surface area contributed by atoms with Crippen LogP contribution >= 0.6 is 0 Å². The van der Waals surface area contributed by atoms with Crippen LogP contribution in [0, 0.1) is 11.7 Å². The number of pyridine rings is 1. The quantitative estimate of drug-likeness (QED) is 0.733. The van der Waals surface area contributed by atoms with E-state index in [1.165, 1.54) is 24.8 Å². The highest BCUT2D eigenvalue weighted by Gasteiger charge is 2.20. The fraction of sp³-hybridized carbons (Fsp3) is 0.333. The number of rotatable bonds is 5. The number of hydrogen-bond acceptors (Lipinski definition) is 3. The summed E-state index contributed by atoms with van der Waals surface area (Å²) in [5.74, 6) is 0.693. The Kier molecular flexibility index (Phi) is 6.00. The van der Waals surface area contributed by atoms with Gasteiger partial charge in [0.15, 0.2) is 11.6 Å². The van der Waals surface area contributed by atoms with Crippen molar-refractivity contribution in [2.45, 2.75) is 26.2 Å². The molecule has 1 fully saturated rings. The van der Waals surface area contributed by atoms with Crippen LogP contribution in [0.25, 0.3) is 6.08 Å². The monoisotopic (exact) mass is 354 g/mol. The molecule has 0 spiro atoms. The molecule has 0 N–H and O–H groups in total. The second kappa shape index (κ2) is 8.61. The largest absolute Gasteiger partial charge is 0.453 e. The van der Waals surface area contributed by atoms with E-state index in [4.69, 9.17) is 4.74 Å². The molecule has 0 radical (unpaired) electrons. The van der Waals surface area contributed by atoms with Gasteiger partial charge in [-0.3, -0.25) is 9.78 Å². The Morgan fingerprint density at radius 2 is 2.31 bits per heavy atom. The number of carbonyl (C=O) groups excluding carboxylic acids is 1. The number of carbonyl (C=O) groups is 1. The van der Waals surface area contributed by atoms with Gasteiger partial charge < -0.3 is 9.64 Å². The topological polar surface area (TPSA) is 42.4 Å². The maximum atomic E-state index is 14.2. The molecule has 1 aliphatic rings. The van der Waals surface area contributed by atoms with Gasteiger partial charge in [-0.05, 0) is 54.7 Å². The molecule has 1 aromatic carbocycles. The van der Waals surface area contributed by atoms with Crippen molar-refractivity contribution < 1.29 is 13.9 Å². The lowest BCUT2D eigenvalue weighted by Gasteiger charge is -2.31. The van der Waals surface area contributed by atoms with Crippen LogP contribution in [0.1, 0.15) is 31.7 Å². The van der Waals surface area contributed by atoms with Gasteiger partial charge in [0, 0.05) is 25.4 Å². The lowest BCUT2D eigenvalue weighted by Crippen LogP contribution is -2.38. The Morgan fingerprint density at radius 3 is 3.04 bits per heavy atom. The molecule has 1 aromatic heterocycles. The Balaban J connectivity index is 1.63. The van der Waals surface area contributed by atoms with E-state index in [1.54, 1.807) is 36.5 Å². The van der Waals surface area contributed by atoms with Crippen molar-refractivity contribution in [1.82, 2.24) is 9.88 Å². The normalized spacial score (nSPS) is 17.5. The summed E-state index contributed by atoms with van der Waals surface area (Å²) in [5, 5.41) is 0. The van der Waals surface area contributed by atoms with Crippen molar-refractivity contribution in [1.29, 1.82) is 0 Å². The highest BCUT2D eigenvalue weighted by atomic mass is 19.1. The Hall–Kier alpha value is -2.69. The number of halogens is 1. The molecule has 0 bridgehead atoms. The lowest BCUT2D eigenvalue weighted by atomic mass is 9.95. The minimum absolute atomic E-state index is 0.0146. The van der Waals surface area contributed by atoms with Gasteiger partial charge in [-0.1, -0.05) is 19.4 Å². The predicted octanol–water partition coefficient (Wildman–Crippen LogP) is 4.67. The fourth-order valence-corrected chi connectivity index (χ4v) is 3.11. The molecule has 1 aliphatic heterocycles. The van der Waals surface area contributed by atoms with E-state index >= 15 is 0 Å². The van der Waals surface area contributed by atoms with Gasteiger partial charge in [0.05, 0.1) is 6.20 Å². The Labute approximate surface area is 153 Å². The molecule has 4 nitrogen and oxygen atoms in total. The molecule has 0 saturated carbocycles. The molecule has 1 saturated heterocycles. The van der Waals surface area contributed by atoms with E-state index in [0.29, 0.717) is 17.2 Å². The van der Waals surface area contributed by atoms with E-state index in [1.807, 2.05) is 4.90 Å². The third-order valence-electron chi connectivity index (χ3n) is 4.64. The smallest absolute Gasteiger partial charge is 0.246 e. The molecule has 1 unspecified atom stereocenters. The van der Waals surface area contributed by atoms with E-state index in [-0.39, 0.29) is 11.7 Å². The second-order valence-corrected chi connectivity index (χ2v) is 6.51. The first-order valence-electron chi connectivity index (χ1n) is 9.00. The summed E-state index contributed by atoms with van der Waals surface area (Å²) in [5.41, 5.74) is 0.624. The van der Waals surface area contributed by atoms with Crippen LogP contribution in [0.3, 0.4) is 0 Å². The molecule has 2 heterocycles. The molecule has 0 aliphatic carbocycles. The van der Waals surface area contributed by atoms with Crippen LogP contribution in [0.5, 0.6) is 11.5 Å². The Bertz CT molecular complexity index is 777. The van der Waals surface area contributed by atoms with Crippen LogP contribution in [-0.2, 0) is 4.79 Å². The fourth-order valence-electron chi connectivity index (χ4n) is 3.11.